The highest BCUT2D eigenvalue weighted by Crippen LogP contribution is 2.34. The van der Waals surface area contributed by atoms with Crippen molar-refractivity contribution in [3.63, 3.8) is 0 Å². The zero-order chi connectivity index (χ0) is 18.8. The first-order valence-electron chi connectivity index (χ1n) is 8.66. The van der Waals surface area contributed by atoms with Gasteiger partial charge in [-0.2, -0.15) is 0 Å². The molecule has 0 aromatic heterocycles. The minimum absolute atomic E-state index is 0.0743. The Hall–Kier alpha value is -1.79. The van der Waals surface area contributed by atoms with Crippen molar-refractivity contribution in [2.45, 2.75) is 38.1 Å². The second-order valence-electron chi connectivity index (χ2n) is 6.82. The van der Waals surface area contributed by atoms with Gasteiger partial charge >= 0.3 is 5.97 Å². The summed E-state index contributed by atoms with van der Waals surface area (Å²) in [5, 5.41) is 12.8. The lowest BCUT2D eigenvalue weighted by Gasteiger charge is -2.27. The van der Waals surface area contributed by atoms with E-state index in [0.717, 1.165) is 0 Å². The van der Waals surface area contributed by atoms with Crippen molar-refractivity contribution in [2.75, 3.05) is 11.4 Å². The van der Waals surface area contributed by atoms with Crippen LogP contribution >= 0.6 is 23.2 Å². The second-order valence-corrected chi connectivity index (χ2v) is 7.67. The van der Waals surface area contributed by atoms with Crippen molar-refractivity contribution in [3.05, 3.63) is 28.2 Å². The number of carbonyl (C=O) groups excluding carboxylic acids is 2. The second kappa shape index (κ2) is 7.84. The van der Waals surface area contributed by atoms with Crippen molar-refractivity contribution in [2.24, 2.45) is 11.8 Å². The fraction of sp³-hybridized carbons (Fsp3) is 0.500. The lowest BCUT2D eigenvalue weighted by atomic mass is 9.86. The van der Waals surface area contributed by atoms with Gasteiger partial charge in [-0.05, 0) is 50.3 Å². The fourth-order valence-corrected chi connectivity index (χ4v) is 4.03. The molecule has 8 heteroatoms. The van der Waals surface area contributed by atoms with E-state index in [2.05, 4.69) is 5.32 Å². The normalized spacial score (nSPS) is 26.0. The molecule has 1 aliphatic heterocycles. The van der Waals surface area contributed by atoms with E-state index < -0.39 is 11.9 Å². The van der Waals surface area contributed by atoms with Crippen molar-refractivity contribution in [3.8, 4) is 0 Å². The third-order valence-electron chi connectivity index (χ3n) is 5.14. The highest BCUT2D eigenvalue weighted by atomic mass is 35.5. The molecule has 2 amide bonds. The predicted molar refractivity (Wildman–Crippen MR) is 98.4 cm³/mol. The molecule has 1 aromatic rings. The zero-order valence-electron chi connectivity index (χ0n) is 14.1. The van der Waals surface area contributed by atoms with Gasteiger partial charge in [-0.25, -0.2) is 0 Å². The van der Waals surface area contributed by atoms with E-state index in [1.165, 1.54) is 4.90 Å². The third-order valence-corrected chi connectivity index (χ3v) is 5.70. The number of nitrogens with zero attached hydrogens (tertiary/aromatic N) is 1. The van der Waals surface area contributed by atoms with Crippen LogP contribution in [0.4, 0.5) is 5.69 Å². The molecule has 2 aliphatic rings. The van der Waals surface area contributed by atoms with E-state index in [-0.39, 0.29) is 23.8 Å². The summed E-state index contributed by atoms with van der Waals surface area (Å²) in [7, 11) is 0. The summed E-state index contributed by atoms with van der Waals surface area (Å²) in [5.74, 6) is -2.45. The Morgan fingerprint density at radius 1 is 1.12 bits per heavy atom. The molecule has 26 heavy (non-hydrogen) atoms. The van der Waals surface area contributed by atoms with Gasteiger partial charge in [0.05, 0.1) is 16.6 Å². The smallest absolute Gasteiger partial charge is 0.306 e. The number of hydrogen-bond donors (Lipinski definition) is 2. The van der Waals surface area contributed by atoms with Gasteiger partial charge < -0.3 is 15.3 Å². The predicted octanol–water partition coefficient (Wildman–Crippen LogP) is 3.11. The standard InChI is InChI=1S/C18H20Cl2N2O4/c19-11-3-6-14(20)15(9-11)22-8-7-13(17(22)24)16(23)21-12-4-1-10(2-5-12)18(25)26/h3,6,9-10,12-13H,1-2,4-5,7-8H2,(H,21,23)(H,25,26)/t10?,12?,13-/m0/s1. The number of amides is 2. The molecule has 1 saturated carbocycles. The van der Waals surface area contributed by atoms with E-state index in [9.17, 15) is 14.4 Å². The van der Waals surface area contributed by atoms with E-state index in [0.29, 0.717) is 54.4 Å². The maximum Gasteiger partial charge on any atom is 0.306 e. The molecule has 140 valence electrons. The summed E-state index contributed by atoms with van der Waals surface area (Å²) >= 11 is 12.1. The highest BCUT2D eigenvalue weighted by Gasteiger charge is 2.39. The summed E-state index contributed by atoms with van der Waals surface area (Å²) < 4.78 is 0. The van der Waals surface area contributed by atoms with Crippen LogP contribution in [0.3, 0.4) is 0 Å². The third kappa shape index (κ3) is 3.96. The number of anilines is 1. The Morgan fingerprint density at radius 2 is 1.81 bits per heavy atom. The number of nitrogens with one attached hydrogen (secondary N) is 1. The average Bonchev–Trinajstić information content (AvgIpc) is 2.99. The van der Waals surface area contributed by atoms with Gasteiger partial charge in [-0.1, -0.05) is 23.2 Å². The minimum atomic E-state index is -0.783. The van der Waals surface area contributed by atoms with E-state index >= 15 is 0 Å². The quantitative estimate of drug-likeness (QED) is 0.762. The summed E-state index contributed by atoms with van der Waals surface area (Å²) in [6.07, 6.45) is 2.74. The van der Waals surface area contributed by atoms with Gasteiger partial charge in [0.15, 0.2) is 0 Å². The number of aliphatic carboxylic acids is 1. The van der Waals surface area contributed by atoms with Crippen LogP contribution in [-0.2, 0) is 14.4 Å². The first-order chi connectivity index (χ1) is 12.4. The van der Waals surface area contributed by atoms with Crippen LogP contribution in [0.25, 0.3) is 0 Å². The van der Waals surface area contributed by atoms with Crippen molar-refractivity contribution in [1.82, 2.24) is 5.32 Å². The summed E-state index contributed by atoms with van der Waals surface area (Å²) in [6, 6.07) is 4.82. The van der Waals surface area contributed by atoms with Crippen molar-refractivity contribution >= 4 is 46.7 Å². The maximum atomic E-state index is 12.7. The molecular weight excluding hydrogens is 379 g/mol. The molecule has 2 N–H and O–H groups in total. The van der Waals surface area contributed by atoms with Gasteiger partial charge in [-0.3, -0.25) is 14.4 Å². The van der Waals surface area contributed by atoms with Crippen LogP contribution in [0.1, 0.15) is 32.1 Å². The number of carboxylic acids is 1. The number of carboxylic acid groups (broad SMARTS) is 1. The summed E-state index contributed by atoms with van der Waals surface area (Å²) in [4.78, 5) is 37.7. The van der Waals surface area contributed by atoms with Crippen LogP contribution < -0.4 is 10.2 Å². The van der Waals surface area contributed by atoms with Crippen LogP contribution in [-0.4, -0.2) is 35.5 Å². The number of hydrogen-bond acceptors (Lipinski definition) is 3. The summed E-state index contributed by atoms with van der Waals surface area (Å²) in [5.41, 5.74) is 0.515. The van der Waals surface area contributed by atoms with Gasteiger partial charge in [-0.15, -0.1) is 0 Å². The van der Waals surface area contributed by atoms with E-state index in [4.69, 9.17) is 28.3 Å². The SMILES string of the molecule is O=C(O)C1CCC(NC(=O)[C@@H]2CCN(c3cc(Cl)ccc3Cl)C2=O)CC1. The molecule has 0 unspecified atom stereocenters. The Morgan fingerprint density at radius 3 is 2.46 bits per heavy atom. The Labute approximate surface area is 161 Å². The molecule has 3 rings (SSSR count). The molecule has 0 bridgehead atoms. The molecule has 1 heterocycles. The van der Waals surface area contributed by atoms with Crippen molar-refractivity contribution in [1.29, 1.82) is 0 Å². The van der Waals surface area contributed by atoms with Crippen LogP contribution in [0.2, 0.25) is 10.0 Å². The van der Waals surface area contributed by atoms with Crippen molar-refractivity contribution < 1.29 is 19.5 Å². The number of rotatable bonds is 4. The molecule has 1 aliphatic carbocycles. The first-order valence-corrected chi connectivity index (χ1v) is 9.42. The zero-order valence-corrected chi connectivity index (χ0v) is 15.6. The topological polar surface area (TPSA) is 86.7 Å². The molecule has 0 radical (unpaired) electrons. The lowest BCUT2D eigenvalue weighted by molar-refractivity contribution is -0.142. The summed E-state index contributed by atoms with van der Waals surface area (Å²) in [6.45, 7) is 0.405. The lowest BCUT2D eigenvalue weighted by Crippen LogP contribution is -2.43. The monoisotopic (exact) mass is 398 g/mol. The molecule has 2 fully saturated rings. The number of halogens is 2. The molecule has 1 saturated heterocycles. The molecule has 1 atom stereocenters. The van der Waals surface area contributed by atoms with E-state index in [1.54, 1.807) is 18.2 Å². The first kappa shape index (κ1) is 19.0. The fourth-order valence-electron chi connectivity index (χ4n) is 3.64. The van der Waals surface area contributed by atoms with Crippen LogP contribution in [0.5, 0.6) is 0 Å². The molecule has 6 nitrogen and oxygen atoms in total. The Balaban J connectivity index is 1.60. The van der Waals surface area contributed by atoms with E-state index in [1.807, 2.05) is 0 Å². The largest absolute Gasteiger partial charge is 0.481 e. The Kier molecular flexibility index (Phi) is 5.73. The number of carbonyl (C=O) groups is 3. The van der Waals surface area contributed by atoms with Crippen LogP contribution in [0.15, 0.2) is 18.2 Å². The molecular formula is C18H20Cl2N2O4. The minimum Gasteiger partial charge on any atom is -0.481 e. The van der Waals surface area contributed by atoms with Gasteiger partial charge in [0.1, 0.15) is 5.92 Å². The van der Waals surface area contributed by atoms with Gasteiger partial charge in [0.2, 0.25) is 11.8 Å². The van der Waals surface area contributed by atoms with Gasteiger partial charge in [0, 0.05) is 17.6 Å². The molecule has 1 aromatic carbocycles. The maximum absolute atomic E-state index is 12.7. The highest BCUT2D eigenvalue weighted by molar-refractivity contribution is 6.36. The van der Waals surface area contributed by atoms with Gasteiger partial charge in [0.25, 0.3) is 0 Å². The van der Waals surface area contributed by atoms with Crippen LogP contribution in [0, 0.1) is 11.8 Å². The number of benzene rings is 1. The average molecular weight is 399 g/mol. The Bertz CT molecular complexity index is 732. The molecule has 0 spiro atoms.